The lowest BCUT2D eigenvalue weighted by molar-refractivity contribution is 0.00460. The van der Waals surface area contributed by atoms with E-state index >= 15 is 0 Å². The van der Waals surface area contributed by atoms with Gasteiger partial charge in [0.15, 0.2) is 5.72 Å². The SMILES string of the molecule is CC(C)/N=N/C1(O)CCCCC1. The maximum absolute atomic E-state index is 9.86. The van der Waals surface area contributed by atoms with E-state index in [0.717, 1.165) is 25.7 Å². The Morgan fingerprint density at radius 1 is 1.17 bits per heavy atom. The van der Waals surface area contributed by atoms with Crippen LogP contribution >= 0.6 is 0 Å². The highest BCUT2D eigenvalue weighted by Gasteiger charge is 2.28. The van der Waals surface area contributed by atoms with Crippen molar-refractivity contribution in [3.05, 3.63) is 0 Å². The summed E-state index contributed by atoms with van der Waals surface area (Å²) in [7, 11) is 0. The van der Waals surface area contributed by atoms with Gasteiger partial charge in [-0.05, 0) is 39.5 Å². The summed E-state index contributed by atoms with van der Waals surface area (Å²) < 4.78 is 0. The Balaban J connectivity index is 2.46. The van der Waals surface area contributed by atoms with E-state index < -0.39 is 5.72 Å². The van der Waals surface area contributed by atoms with Gasteiger partial charge in [-0.2, -0.15) is 10.2 Å². The Kier molecular flexibility index (Phi) is 3.20. The summed E-state index contributed by atoms with van der Waals surface area (Å²) in [5.41, 5.74) is -0.831. The first-order chi connectivity index (χ1) is 5.62. The third-order valence-corrected chi connectivity index (χ3v) is 2.13. The first kappa shape index (κ1) is 9.65. The van der Waals surface area contributed by atoms with Gasteiger partial charge in [0.25, 0.3) is 0 Å². The van der Waals surface area contributed by atoms with Gasteiger partial charge in [0.1, 0.15) is 0 Å². The van der Waals surface area contributed by atoms with Gasteiger partial charge in [-0.3, -0.25) is 0 Å². The number of hydrogen-bond donors (Lipinski definition) is 1. The molecule has 0 aliphatic heterocycles. The van der Waals surface area contributed by atoms with Crippen molar-refractivity contribution in [1.29, 1.82) is 0 Å². The van der Waals surface area contributed by atoms with E-state index in [1.165, 1.54) is 6.42 Å². The lowest BCUT2D eigenvalue weighted by Crippen LogP contribution is -2.28. The lowest BCUT2D eigenvalue weighted by atomic mass is 9.93. The van der Waals surface area contributed by atoms with Crippen LogP contribution < -0.4 is 0 Å². The summed E-state index contributed by atoms with van der Waals surface area (Å²) in [5, 5.41) is 17.8. The van der Waals surface area contributed by atoms with Gasteiger partial charge in [-0.25, -0.2) is 0 Å². The fraction of sp³-hybridized carbons (Fsp3) is 1.00. The highest BCUT2D eigenvalue weighted by molar-refractivity contribution is 4.78. The van der Waals surface area contributed by atoms with E-state index in [2.05, 4.69) is 10.2 Å². The molecule has 0 bridgehead atoms. The molecular weight excluding hydrogens is 152 g/mol. The second-order valence-electron chi connectivity index (χ2n) is 3.85. The molecule has 0 spiro atoms. The van der Waals surface area contributed by atoms with E-state index in [-0.39, 0.29) is 6.04 Å². The van der Waals surface area contributed by atoms with Crippen molar-refractivity contribution in [3.8, 4) is 0 Å². The van der Waals surface area contributed by atoms with Gasteiger partial charge >= 0.3 is 0 Å². The van der Waals surface area contributed by atoms with Crippen molar-refractivity contribution < 1.29 is 5.11 Å². The molecule has 0 aromatic carbocycles. The van der Waals surface area contributed by atoms with E-state index in [9.17, 15) is 5.11 Å². The Hall–Kier alpha value is -0.440. The molecule has 0 amide bonds. The van der Waals surface area contributed by atoms with Gasteiger partial charge < -0.3 is 5.11 Å². The van der Waals surface area contributed by atoms with Crippen molar-refractivity contribution in [2.45, 2.75) is 57.7 Å². The van der Waals surface area contributed by atoms with Crippen molar-refractivity contribution in [2.75, 3.05) is 0 Å². The maximum Gasteiger partial charge on any atom is 0.176 e. The normalized spacial score (nSPS) is 23.7. The molecule has 3 nitrogen and oxygen atoms in total. The molecule has 1 aliphatic carbocycles. The molecule has 70 valence electrons. The standard InChI is InChI=1S/C9H18N2O/c1-8(2)10-11-9(12)6-4-3-5-7-9/h8,12H,3-7H2,1-2H3/b11-10+. The summed E-state index contributed by atoms with van der Waals surface area (Å²) in [5.74, 6) is 0. The monoisotopic (exact) mass is 170 g/mol. The lowest BCUT2D eigenvalue weighted by Gasteiger charge is -2.26. The van der Waals surface area contributed by atoms with Crippen LogP contribution in [0.3, 0.4) is 0 Å². The number of rotatable bonds is 2. The van der Waals surface area contributed by atoms with Gasteiger partial charge in [0.05, 0.1) is 6.04 Å². The minimum absolute atomic E-state index is 0.191. The summed E-state index contributed by atoms with van der Waals surface area (Å²) >= 11 is 0. The molecule has 0 saturated heterocycles. The summed E-state index contributed by atoms with van der Waals surface area (Å²) in [6.45, 7) is 3.94. The van der Waals surface area contributed by atoms with Crippen LogP contribution in [0.15, 0.2) is 10.2 Å². The fourth-order valence-electron chi connectivity index (χ4n) is 1.44. The molecule has 1 aliphatic rings. The molecular formula is C9H18N2O. The average Bonchev–Trinajstić information content (AvgIpc) is 2.03. The third-order valence-electron chi connectivity index (χ3n) is 2.13. The van der Waals surface area contributed by atoms with Crippen molar-refractivity contribution in [1.82, 2.24) is 0 Å². The topological polar surface area (TPSA) is 45.0 Å². The zero-order chi connectivity index (χ0) is 9.03. The molecule has 0 aromatic rings. The molecule has 0 aromatic heterocycles. The van der Waals surface area contributed by atoms with Gasteiger partial charge in [0, 0.05) is 0 Å². The number of hydrogen-bond acceptors (Lipinski definition) is 3. The van der Waals surface area contributed by atoms with E-state index in [4.69, 9.17) is 0 Å². The molecule has 0 radical (unpaired) electrons. The van der Waals surface area contributed by atoms with Crippen molar-refractivity contribution in [2.24, 2.45) is 10.2 Å². The Labute approximate surface area is 73.9 Å². The van der Waals surface area contributed by atoms with E-state index in [1.807, 2.05) is 13.8 Å². The molecule has 1 N–H and O–H groups in total. The highest BCUT2D eigenvalue weighted by atomic mass is 16.3. The van der Waals surface area contributed by atoms with Crippen LogP contribution in [0, 0.1) is 0 Å². The van der Waals surface area contributed by atoms with Crippen molar-refractivity contribution >= 4 is 0 Å². The van der Waals surface area contributed by atoms with Crippen molar-refractivity contribution in [3.63, 3.8) is 0 Å². The van der Waals surface area contributed by atoms with Crippen LogP contribution in [0.2, 0.25) is 0 Å². The molecule has 3 heteroatoms. The first-order valence-corrected chi connectivity index (χ1v) is 4.77. The smallest absolute Gasteiger partial charge is 0.176 e. The number of azo groups is 1. The average molecular weight is 170 g/mol. The van der Waals surface area contributed by atoms with Crippen LogP contribution in [-0.2, 0) is 0 Å². The van der Waals surface area contributed by atoms with E-state index in [1.54, 1.807) is 0 Å². The molecule has 0 unspecified atom stereocenters. The minimum Gasteiger partial charge on any atom is -0.368 e. The third kappa shape index (κ3) is 2.89. The van der Waals surface area contributed by atoms with Crippen LogP contribution in [0.4, 0.5) is 0 Å². The Morgan fingerprint density at radius 2 is 1.75 bits per heavy atom. The van der Waals surface area contributed by atoms with Crippen LogP contribution in [0.25, 0.3) is 0 Å². The zero-order valence-electron chi connectivity index (χ0n) is 7.95. The minimum atomic E-state index is -0.831. The molecule has 1 rings (SSSR count). The highest BCUT2D eigenvalue weighted by Crippen LogP contribution is 2.29. The molecule has 0 atom stereocenters. The summed E-state index contributed by atoms with van der Waals surface area (Å²) in [6, 6.07) is 0.191. The molecule has 1 saturated carbocycles. The quantitative estimate of drug-likeness (QED) is 0.636. The summed E-state index contributed by atoms with van der Waals surface area (Å²) in [4.78, 5) is 0. The second-order valence-corrected chi connectivity index (χ2v) is 3.85. The van der Waals surface area contributed by atoms with E-state index in [0.29, 0.717) is 0 Å². The van der Waals surface area contributed by atoms with Crippen LogP contribution in [-0.4, -0.2) is 16.9 Å². The zero-order valence-corrected chi connectivity index (χ0v) is 7.95. The number of nitrogens with zero attached hydrogens (tertiary/aromatic N) is 2. The Morgan fingerprint density at radius 3 is 2.25 bits per heavy atom. The predicted octanol–water partition coefficient (Wildman–Crippen LogP) is 2.50. The largest absolute Gasteiger partial charge is 0.368 e. The predicted molar refractivity (Wildman–Crippen MR) is 48.0 cm³/mol. The second kappa shape index (κ2) is 3.99. The van der Waals surface area contributed by atoms with Gasteiger partial charge in [-0.1, -0.05) is 6.42 Å². The van der Waals surface area contributed by atoms with Crippen LogP contribution in [0.5, 0.6) is 0 Å². The molecule has 1 fully saturated rings. The van der Waals surface area contributed by atoms with Crippen LogP contribution in [0.1, 0.15) is 46.0 Å². The van der Waals surface area contributed by atoms with Gasteiger partial charge in [-0.15, -0.1) is 0 Å². The maximum atomic E-state index is 9.86. The summed E-state index contributed by atoms with van der Waals surface area (Å²) in [6.07, 6.45) is 4.94. The first-order valence-electron chi connectivity index (χ1n) is 4.77. The van der Waals surface area contributed by atoms with Gasteiger partial charge in [0.2, 0.25) is 0 Å². The molecule has 0 heterocycles. The molecule has 12 heavy (non-hydrogen) atoms. The Bertz CT molecular complexity index is 160. The fourth-order valence-corrected chi connectivity index (χ4v) is 1.44. The number of aliphatic hydroxyl groups is 1.